The van der Waals surface area contributed by atoms with Crippen LogP contribution in [0.1, 0.15) is 29.7 Å². The lowest BCUT2D eigenvalue weighted by molar-refractivity contribution is -0.138. The summed E-state index contributed by atoms with van der Waals surface area (Å²) in [6.45, 7) is 3.69. The highest BCUT2D eigenvalue weighted by molar-refractivity contribution is 7.10. The molecule has 1 aliphatic rings. The molecule has 3 rings (SSSR count). The third-order valence-electron chi connectivity index (χ3n) is 4.76. The Morgan fingerprint density at radius 1 is 1.41 bits per heavy atom. The molecule has 0 bridgehead atoms. The van der Waals surface area contributed by atoms with E-state index in [0.29, 0.717) is 36.8 Å². The van der Waals surface area contributed by atoms with Gasteiger partial charge in [0.15, 0.2) is 0 Å². The third kappa shape index (κ3) is 4.36. The molecule has 6 nitrogen and oxygen atoms in total. The zero-order valence-corrected chi connectivity index (χ0v) is 16.6. The summed E-state index contributed by atoms with van der Waals surface area (Å²) < 4.78 is 16.3. The number of carbonyl (C=O) groups excluding carboxylic acids is 1. The number of rotatable bonds is 6. The van der Waals surface area contributed by atoms with Crippen molar-refractivity contribution in [3.05, 3.63) is 40.1 Å². The van der Waals surface area contributed by atoms with Crippen LogP contribution in [0.25, 0.3) is 0 Å². The van der Waals surface area contributed by atoms with E-state index >= 15 is 0 Å². The SMILES string of the molecule is COc1cc(O)c(C(CC(=O)N2CCOC(C)C2)c2cccs2)c(OC)c1. The van der Waals surface area contributed by atoms with Gasteiger partial charge in [0.25, 0.3) is 0 Å². The van der Waals surface area contributed by atoms with E-state index in [9.17, 15) is 9.90 Å². The van der Waals surface area contributed by atoms with Gasteiger partial charge in [-0.05, 0) is 18.4 Å². The number of hydrogen-bond acceptors (Lipinski definition) is 6. The Morgan fingerprint density at radius 2 is 2.22 bits per heavy atom. The summed E-state index contributed by atoms with van der Waals surface area (Å²) in [5.74, 6) is 0.824. The molecule has 1 aromatic heterocycles. The molecule has 0 aliphatic carbocycles. The number of thiophene rings is 1. The normalized spacial score (nSPS) is 18.2. The van der Waals surface area contributed by atoms with Crippen molar-refractivity contribution in [2.45, 2.75) is 25.4 Å². The Morgan fingerprint density at radius 3 is 2.85 bits per heavy atom. The number of carbonyl (C=O) groups is 1. The lowest BCUT2D eigenvalue weighted by Gasteiger charge is -2.32. The second-order valence-electron chi connectivity index (χ2n) is 6.56. The van der Waals surface area contributed by atoms with Crippen LogP contribution < -0.4 is 9.47 Å². The number of nitrogens with zero attached hydrogens (tertiary/aromatic N) is 1. The summed E-state index contributed by atoms with van der Waals surface area (Å²) in [6, 6.07) is 7.21. The van der Waals surface area contributed by atoms with Crippen LogP contribution in [-0.2, 0) is 9.53 Å². The second-order valence-corrected chi connectivity index (χ2v) is 7.54. The predicted octanol–water partition coefficient (Wildman–Crippen LogP) is 3.24. The van der Waals surface area contributed by atoms with Gasteiger partial charge in [0.1, 0.15) is 17.2 Å². The van der Waals surface area contributed by atoms with Crippen molar-refractivity contribution in [1.82, 2.24) is 4.90 Å². The molecule has 1 aliphatic heterocycles. The molecule has 1 amide bonds. The molecular weight excluding hydrogens is 366 g/mol. The molecule has 0 radical (unpaired) electrons. The molecule has 0 saturated carbocycles. The standard InChI is InChI=1S/C20H25NO5S/c1-13-12-21(6-7-26-13)19(23)11-15(18-5-4-8-27-18)20-16(22)9-14(24-2)10-17(20)25-3/h4-5,8-10,13,15,22H,6-7,11-12H2,1-3H3. The van der Waals surface area contributed by atoms with E-state index in [-0.39, 0.29) is 30.1 Å². The van der Waals surface area contributed by atoms with E-state index in [4.69, 9.17) is 14.2 Å². The van der Waals surface area contributed by atoms with Gasteiger partial charge < -0.3 is 24.2 Å². The lowest BCUT2D eigenvalue weighted by Crippen LogP contribution is -2.44. The number of benzene rings is 1. The first kappa shape index (κ1) is 19.5. The summed E-state index contributed by atoms with van der Waals surface area (Å²) in [6.07, 6.45) is 0.288. The van der Waals surface area contributed by atoms with E-state index in [1.165, 1.54) is 7.11 Å². The first-order chi connectivity index (χ1) is 13.0. The molecular formula is C20H25NO5S. The number of morpholine rings is 1. The fraction of sp³-hybridized carbons (Fsp3) is 0.450. The molecule has 1 fully saturated rings. The topological polar surface area (TPSA) is 68.2 Å². The largest absolute Gasteiger partial charge is 0.507 e. The summed E-state index contributed by atoms with van der Waals surface area (Å²) in [7, 11) is 3.09. The number of amides is 1. The first-order valence-electron chi connectivity index (χ1n) is 8.91. The van der Waals surface area contributed by atoms with Crippen molar-refractivity contribution in [2.75, 3.05) is 33.9 Å². The number of phenols is 1. The molecule has 146 valence electrons. The molecule has 1 aromatic carbocycles. The molecule has 2 aromatic rings. The zero-order chi connectivity index (χ0) is 19.4. The van der Waals surface area contributed by atoms with Crippen LogP contribution in [0, 0.1) is 0 Å². The smallest absolute Gasteiger partial charge is 0.223 e. The highest BCUT2D eigenvalue weighted by Crippen LogP contribution is 2.44. The summed E-state index contributed by atoms with van der Waals surface area (Å²) >= 11 is 1.56. The van der Waals surface area contributed by atoms with Crippen molar-refractivity contribution in [2.24, 2.45) is 0 Å². The van der Waals surface area contributed by atoms with Gasteiger partial charge in [-0.2, -0.15) is 0 Å². The monoisotopic (exact) mass is 391 g/mol. The van der Waals surface area contributed by atoms with Crippen LogP contribution in [0.15, 0.2) is 29.6 Å². The second kappa shape index (κ2) is 8.63. The zero-order valence-electron chi connectivity index (χ0n) is 15.8. The molecule has 7 heteroatoms. The van der Waals surface area contributed by atoms with Gasteiger partial charge in [-0.15, -0.1) is 11.3 Å². The maximum atomic E-state index is 13.0. The molecule has 1 N–H and O–H groups in total. The van der Waals surface area contributed by atoms with Crippen molar-refractivity contribution in [1.29, 1.82) is 0 Å². The van der Waals surface area contributed by atoms with E-state index in [0.717, 1.165) is 4.88 Å². The summed E-state index contributed by atoms with van der Waals surface area (Å²) in [4.78, 5) is 15.8. The van der Waals surface area contributed by atoms with Crippen LogP contribution in [0.2, 0.25) is 0 Å². The average Bonchev–Trinajstić information content (AvgIpc) is 3.20. The minimum absolute atomic E-state index is 0.0341. The molecule has 2 heterocycles. The highest BCUT2D eigenvalue weighted by Gasteiger charge is 2.30. The van der Waals surface area contributed by atoms with Crippen LogP contribution in [0.3, 0.4) is 0 Å². The number of aromatic hydroxyl groups is 1. The van der Waals surface area contributed by atoms with Gasteiger partial charge in [0.2, 0.25) is 5.91 Å². The molecule has 27 heavy (non-hydrogen) atoms. The Kier molecular flexibility index (Phi) is 6.23. The van der Waals surface area contributed by atoms with E-state index in [2.05, 4.69) is 0 Å². The molecule has 0 spiro atoms. The van der Waals surface area contributed by atoms with Crippen LogP contribution in [-0.4, -0.2) is 55.9 Å². The Balaban J connectivity index is 1.95. The number of ether oxygens (including phenoxy) is 3. The number of methoxy groups -OCH3 is 2. The fourth-order valence-electron chi connectivity index (χ4n) is 3.41. The molecule has 2 atom stereocenters. The molecule has 2 unspecified atom stereocenters. The van der Waals surface area contributed by atoms with Gasteiger partial charge in [0, 0.05) is 48.0 Å². The van der Waals surface area contributed by atoms with Gasteiger partial charge in [0.05, 0.1) is 26.9 Å². The average molecular weight is 391 g/mol. The van der Waals surface area contributed by atoms with Gasteiger partial charge >= 0.3 is 0 Å². The van der Waals surface area contributed by atoms with Crippen molar-refractivity contribution >= 4 is 17.2 Å². The fourth-order valence-corrected chi connectivity index (χ4v) is 4.24. The lowest BCUT2D eigenvalue weighted by atomic mass is 9.91. The Labute approximate surface area is 163 Å². The van der Waals surface area contributed by atoms with E-state index in [1.807, 2.05) is 29.3 Å². The minimum Gasteiger partial charge on any atom is -0.507 e. The van der Waals surface area contributed by atoms with Crippen LogP contribution >= 0.6 is 11.3 Å². The van der Waals surface area contributed by atoms with Crippen molar-refractivity contribution in [3.8, 4) is 17.2 Å². The van der Waals surface area contributed by atoms with E-state index in [1.54, 1.807) is 30.6 Å². The maximum Gasteiger partial charge on any atom is 0.223 e. The Hall–Kier alpha value is -2.25. The highest BCUT2D eigenvalue weighted by atomic mass is 32.1. The van der Waals surface area contributed by atoms with Crippen molar-refractivity contribution < 1.29 is 24.1 Å². The van der Waals surface area contributed by atoms with Gasteiger partial charge in [-0.25, -0.2) is 0 Å². The third-order valence-corrected chi connectivity index (χ3v) is 5.74. The van der Waals surface area contributed by atoms with Crippen LogP contribution in [0.5, 0.6) is 17.2 Å². The van der Waals surface area contributed by atoms with Gasteiger partial charge in [-0.3, -0.25) is 4.79 Å². The predicted molar refractivity (Wildman–Crippen MR) is 104 cm³/mol. The van der Waals surface area contributed by atoms with Crippen LogP contribution in [0.4, 0.5) is 0 Å². The number of hydrogen-bond donors (Lipinski definition) is 1. The molecule has 1 saturated heterocycles. The first-order valence-corrected chi connectivity index (χ1v) is 9.79. The van der Waals surface area contributed by atoms with Gasteiger partial charge in [-0.1, -0.05) is 6.07 Å². The minimum atomic E-state index is -0.295. The summed E-state index contributed by atoms with van der Waals surface area (Å²) in [5, 5.41) is 12.6. The summed E-state index contributed by atoms with van der Waals surface area (Å²) in [5.41, 5.74) is 0.607. The van der Waals surface area contributed by atoms with E-state index < -0.39 is 0 Å². The quantitative estimate of drug-likeness (QED) is 0.819. The Bertz CT molecular complexity index is 777. The maximum absolute atomic E-state index is 13.0. The van der Waals surface area contributed by atoms with Crippen molar-refractivity contribution in [3.63, 3.8) is 0 Å². The number of phenolic OH excluding ortho intramolecular Hbond substituents is 1.